The first-order valence-corrected chi connectivity index (χ1v) is 5.49. The molecule has 0 saturated heterocycles. The zero-order chi connectivity index (χ0) is 10.1. The zero-order valence-electron chi connectivity index (χ0n) is 8.68. The van der Waals surface area contributed by atoms with Gasteiger partial charge in [-0.15, -0.1) is 0 Å². The molecule has 1 aromatic heterocycles. The van der Waals surface area contributed by atoms with Crippen molar-refractivity contribution in [1.82, 2.24) is 15.1 Å². The Kier molecular flexibility index (Phi) is 2.79. The number of hydrogen-bond donors (Lipinski definition) is 1. The molecule has 0 unspecified atom stereocenters. The largest absolute Gasteiger partial charge is 0.312 e. The molecule has 0 amide bonds. The second kappa shape index (κ2) is 3.91. The van der Waals surface area contributed by atoms with Crippen molar-refractivity contribution in [2.75, 3.05) is 6.54 Å². The molecule has 78 valence electrons. The monoisotopic (exact) mass is 213 g/mol. The molecule has 4 heteroatoms. The van der Waals surface area contributed by atoms with E-state index in [4.69, 9.17) is 11.6 Å². The van der Waals surface area contributed by atoms with Crippen LogP contribution in [0, 0.1) is 13.8 Å². The van der Waals surface area contributed by atoms with E-state index in [1.807, 2.05) is 18.5 Å². The van der Waals surface area contributed by atoms with Crippen molar-refractivity contribution < 1.29 is 0 Å². The van der Waals surface area contributed by atoms with Crippen LogP contribution >= 0.6 is 11.6 Å². The van der Waals surface area contributed by atoms with Gasteiger partial charge in [-0.25, -0.2) is 0 Å². The number of nitrogens with zero attached hydrogens (tertiary/aromatic N) is 2. The lowest BCUT2D eigenvalue weighted by Gasteiger charge is -2.04. The molecular weight excluding hydrogens is 198 g/mol. The maximum atomic E-state index is 6.05. The summed E-state index contributed by atoms with van der Waals surface area (Å²) in [5, 5.41) is 8.63. The quantitative estimate of drug-likeness (QED) is 0.828. The maximum absolute atomic E-state index is 6.05. The lowest BCUT2D eigenvalue weighted by molar-refractivity contribution is 0.541. The van der Waals surface area contributed by atoms with E-state index in [0.29, 0.717) is 0 Å². The van der Waals surface area contributed by atoms with Crippen molar-refractivity contribution in [2.45, 2.75) is 39.3 Å². The van der Waals surface area contributed by atoms with E-state index < -0.39 is 0 Å². The van der Waals surface area contributed by atoms with Gasteiger partial charge in [-0.1, -0.05) is 11.6 Å². The van der Waals surface area contributed by atoms with Crippen LogP contribution in [-0.4, -0.2) is 22.4 Å². The highest BCUT2D eigenvalue weighted by molar-refractivity contribution is 6.31. The van der Waals surface area contributed by atoms with Gasteiger partial charge in [-0.05, 0) is 26.7 Å². The summed E-state index contributed by atoms with van der Waals surface area (Å²) in [4.78, 5) is 0. The summed E-state index contributed by atoms with van der Waals surface area (Å²) in [5.41, 5.74) is 2.00. The fraction of sp³-hybridized carbons (Fsp3) is 0.700. The fourth-order valence-corrected chi connectivity index (χ4v) is 1.69. The number of rotatable bonds is 4. The van der Waals surface area contributed by atoms with E-state index in [0.717, 1.165) is 35.5 Å². The lowest BCUT2D eigenvalue weighted by atomic mass is 10.4. The van der Waals surface area contributed by atoms with E-state index >= 15 is 0 Å². The zero-order valence-corrected chi connectivity index (χ0v) is 9.43. The van der Waals surface area contributed by atoms with Crippen LogP contribution in [0.1, 0.15) is 24.2 Å². The van der Waals surface area contributed by atoms with Gasteiger partial charge in [0.05, 0.1) is 23.0 Å². The molecule has 1 fully saturated rings. The highest BCUT2D eigenvalue weighted by atomic mass is 35.5. The Hall–Kier alpha value is -0.540. The summed E-state index contributed by atoms with van der Waals surface area (Å²) in [6, 6.07) is 0.766. The average Bonchev–Trinajstić information content (AvgIpc) is 2.93. The molecule has 0 atom stereocenters. The number of aryl methyl sites for hydroxylation is 1. The van der Waals surface area contributed by atoms with Crippen LogP contribution in [0.25, 0.3) is 0 Å². The predicted octanol–water partition coefficient (Wildman–Crippen LogP) is 1.91. The molecule has 14 heavy (non-hydrogen) atoms. The Labute approximate surface area is 89.4 Å². The van der Waals surface area contributed by atoms with E-state index in [1.54, 1.807) is 0 Å². The first-order valence-electron chi connectivity index (χ1n) is 5.11. The van der Waals surface area contributed by atoms with Crippen LogP contribution in [0.3, 0.4) is 0 Å². The Morgan fingerprint density at radius 2 is 2.21 bits per heavy atom. The molecule has 1 aliphatic rings. The SMILES string of the molecule is Cc1nn(CCNC2CC2)c(C)c1Cl. The molecule has 0 aromatic carbocycles. The standard InChI is InChI=1S/C10H16ClN3/c1-7-10(11)8(2)14(13-7)6-5-12-9-3-4-9/h9,12H,3-6H2,1-2H3. The van der Waals surface area contributed by atoms with Crippen LogP contribution in [0.15, 0.2) is 0 Å². The molecule has 3 nitrogen and oxygen atoms in total. The molecular formula is C10H16ClN3. The van der Waals surface area contributed by atoms with E-state index in [9.17, 15) is 0 Å². The Balaban J connectivity index is 1.90. The minimum absolute atomic E-state index is 0.766. The smallest absolute Gasteiger partial charge is 0.0844 e. The Morgan fingerprint density at radius 3 is 2.71 bits per heavy atom. The highest BCUT2D eigenvalue weighted by Crippen LogP contribution is 2.20. The maximum Gasteiger partial charge on any atom is 0.0844 e. The van der Waals surface area contributed by atoms with Gasteiger partial charge in [0.2, 0.25) is 0 Å². The molecule has 0 spiro atoms. The van der Waals surface area contributed by atoms with Gasteiger partial charge in [-0.2, -0.15) is 5.10 Å². The number of halogens is 1. The summed E-state index contributed by atoms with van der Waals surface area (Å²) >= 11 is 6.05. The van der Waals surface area contributed by atoms with Crippen LogP contribution in [-0.2, 0) is 6.54 Å². The van der Waals surface area contributed by atoms with Gasteiger partial charge in [0.25, 0.3) is 0 Å². The third-order valence-electron chi connectivity index (χ3n) is 2.63. The van der Waals surface area contributed by atoms with Crippen LogP contribution in [0.5, 0.6) is 0 Å². The fourth-order valence-electron chi connectivity index (χ4n) is 1.55. The molecule has 2 rings (SSSR count). The number of aromatic nitrogens is 2. The summed E-state index contributed by atoms with van der Waals surface area (Å²) in [5.74, 6) is 0. The minimum Gasteiger partial charge on any atom is -0.312 e. The summed E-state index contributed by atoms with van der Waals surface area (Å²) in [7, 11) is 0. The molecule has 1 aromatic rings. The van der Waals surface area contributed by atoms with Crippen molar-refractivity contribution in [2.24, 2.45) is 0 Å². The van der Waals surface area contributed by atoms with Crippen molar-refractivity contribution in [1.29, 1.82) is 0 Å². The van der Waals surface area contributed by atoms with E-state index in [1.165, 1.54) is 12.8 Å². The van der Waals surface area contributed by atoms with Crippen LogP contribution in [0.4, 0.5) is 0 Å². The minimum atomic E-state index is 0.766. The van der Waals surface area contributed by atoms with Gasteiger partial charge in [-0.3, -0.25) is 4.68 Å². The van der Waals surface area contributed by atoms with Gasteiger partial charge < -0.3 is 5.32 Å². The molecule has 0 aliphatic heterocycles. The van der Waals surface area contributed by atoms with E-state index in [2.05, 4.69) is 10.4 Å². The topological polar surface area (TPSA) is 29.9 Å². The summed E-state index contributed by atoms with van der Waals surface area (Å²) in [6.07, 6.45) is 2.66. The van der Waals surface area contributed by atoms with Crippen molar-refractivity contribution in [3.63, 3.8) is 0 Å². The van der Waals surface area contributed by atoms with Crippen LogP contribution < -0.4 is 5.32 Å². The summed E-state index contributed by atoms with van der Waals surface area (Å²) < 4.78 is 1.98. The second-order valence-corrected chi connectivity index (χ2v) is 4.31. The summed E-state index contributed by atoms with van der Waals surface area (Å²) in [6.45, 7) is 5.86. The predicted molar refractivity (Wildman–Crippen MR) is 57.7 cm³/mol. The molecule has 0 bridgehead atoms. The Morgan fingerprint density at radius 1 is 1.50 bits per heavy atom. The molecule has 1 heterocycles. The van der Waals surface area contributed by atoms with Gasteiger partial charge >= 0.3 is 0 Å². The van der Waals surface area contributed by atoms with Gasteiger partial charge in [0.15, 0.2) is 0 Å². The Bertz CT molecular complexity index is 328. The lowest BCUT2D eigenvalue weighted by Crippen LogP contribution is -2.22. The first-order chi connectivity index (χ1) is 6.68. The normalized spacial score (nSPS) is 16.2. The van der Waals surface area contributed by atoms with Crippen LogP contribution in [0.2, 0.25) is 5.02 Å². The van der Waals surface area contributed by atoms with Crippen molar-refractivity contribution in [3.05, 3.63) is 16.4 Å². The third kappa shape index (κ3) is 2.10. The van der Waals surface area contributed by atoms with Gasteiger partial charge in [0.1, 0.15) is 0 Å². The van der Waals surface area contributed by atoms with Crippen molar-refractivity contribution in [3.8, 4) is 0 Å². The average molecular weight is 214 g/mol. The molecule has 1 N–H and O–H groups in total. The van der Waals surface area contributed by atoms with Gasteiger partial charge in [0, 0.05) is 12.6 Å². The highest BCUT2D eigenvalue weighted by Gasteiger charge is 2.19. The molecule has 1 saturated carbocycles. The molecule has 0 radical (unpaired) electrons. The second-order valence-electron chi connectivity index (χ2n) is 3.94. The number of nitrogens with one attached hydrogen (secondary N) is 1. The van der Waals surface area contributed by atoms with Crippen molar-refractivity contribution >= 4 is 11.6 Å². The van der Waals surface area contributed by atoms with E-state index in [-0.39, 0.29) is 0 Å². The number of hydrogen-bond acceptors (Lipinski definition) is 2. The molecule has 1 aliphatic carbocycles. The third-order valence-corrected chi connectivity index (χ3v) is 3.17. The first kappa shape index (κ1) is 9.99.